The van der Waals surface area contributed by atoms with Gasteiger partial charge in [-0.2, -0.15) is 4.73 Å². The van der Waals surface area contributed by atoms with Gasteiger partial charge in [0.15, 0.2) is 0 Å². The van der Waals surface area contributed by atoms with Crippen LogP contribution in [0.3, 0.4) is 0 Å². The molecule has 3 N–H and O–H groups in total. The zero-order chi connectivity index (χ0) is 10.1. The number of carbonyl (C=O) groups excluding carboxylic acids is 1. The van der Waals surface area contributed by atoms with Crippen LogP contribution in [0.15, 0.2) is 30.5 Å². The van der Waals surface area contributed by atoms with Gasteiger partial charge in [0.25, 0.3) is 0 Å². The van der Waals surface area contributed by atoms with Crippen molar-refractivity contribution in [1.82, 2.24) is 4.73 Å². The fourth-order valence-corrected chi connectivity index (χ4v) is 1.56. The topological polar surface area (TPSA) is 68.2 Å². The van der Waals surface area contributed by atoms with Crippen molar-refractivity contribution in [2.45, 2.75) is 6.42 Å². The molecule has 0 aliphatic heterocycles. The van der Waals surface area contributed by atoms with E-state index in [1.165, 1.54) is 6.20 Å². The Morgan fingerprint density at radius 3 is 2.86 bits per heavy atom. The fourth-order valence-electron chi connectivity index (χ4n) is 1.56. The summed E-state index contributed by atoms with van der Waals surface area (Å²) in [6, 6.07) is 7.30. The first-order valence-electron chi connectivity index (χ1n) is 4.25. The number of aromatic nitrogens is 1. The van der Waals surface area contributed by atoms with Gasteiger partial charge < -0.3 is 10.9 Å². The molecule has 0 fully saturated rings. The molecule has 72 valence electrons. The Bertz CT molecular complexity index is 488. The van der Waals surface area contributed by atoms with E-state index in [0.29, 0.717) is 5.52 Å². The third-order valence-electron chi connectivity index (χ3n) is 2.14. The van der Waals surface area contributed by atoms with E-state index >= 15 is 0 Å². The van der Waals surface area contributed by atoms with Gasteiger partial charge in [0.05, 0.1) is 11.9 Å². The van der Waals surface area contributed by atoms with Crippen LogP contribution >= 0.6 is 0 Å². The van der Waals surface area contributed by atoms with Gasteiger partial charge in [-0.25, -0.2) is 0 Å². The average molecular weight is 190 g/mol. The van der Waals surface area contributed by atoms with Gasteiger partial charge in [0.2, 0.25) is 5.91 Å². The summed E-state index contributed by atoms with van der Waals surface area (Å²) in [6.45, 7) is 0. The van der Waals surface area contributed by atoms with Crippen LogP contribution in [-0.2, 0) is 11.2 Å². The second-order valence-corrected chi connectivity index (χ2v) is 3.16. The number of carbonyl (C=O) groups is 1. The molecule has 2 rings (SSSR count). The first-order valence-corrected chi connectivity index (χ1v) is 4.25. The number of fused-ring (bicyclic) bond motifs is 1. The zero-order valence-electron chi connectivity index (χ0n) is 7.47. The van der Waals surface area contributed by atoms with Crippen molar-refractivity contribution in [3.05, 3.63) is 36.0 Å². The SMILES string of the molecule is NC(=O)Cc1cn(O)c2ccccc12. The Morgan fingerprint density at radius 2 is 2.14 bits per heavy atom. The summed E-state index contributed by atoms with van der Waals surface area (Å²) in [5.41, 5.74) is 6.52. The molecule has 0 unspecified atom stereocenters. The molecule has 0 atom stereocenters. The number of rotatable bonds is 2. The van der Waals surface area contributed by atoms with Crippen molar-refractivity contribution in [2.75, 3.05) is 0 Å². The summed E-state index contributed by atoms with van der Waals surface area (Å²) in [5, 5.41) is 10.3. The Hall–Kier alpha value is -1.97. The maximum absolute atomic E-state index is 10.8. The lowest BCUT2D eigenvalue weighted by Crippen LogP contribution is -2.13. The normalized spacial score (nSPS) is 10.6. The maximum atomic E-state index is 10.8. The number of hydrogen-bond donors (Lipinski definition) is 2. The molecule has 0 saturated heterocycles. The van der Waals surface area contributed by atoms with E-state index in [4.69, 9.17) is 5.73 Å². The number of benzene rings is 1. The van der Waals surface area contributed by atoms with Crippen LogP contribution in [0.2, 0.25) is 0 Å². The summed E-state index contributed by atoms with van der Waals surface area (Å²) in [4.78, 5) is 10.8. The predicted octanol–water partition coefficient (Wildman–Crippen LogP) is 0.906. The van der Waals surface area contributed by atoms with Crippen molar-refractivity contribution in [3.63, 3.8) is 0 Å². The Labute approximate surface area is 80.5 Å². The number of hydrogen-bond acceptors (Lipinski definition) is 2. The Morgan fingerprint density at radius 1 is 1.43 bits per heavy atom. The monoisotopic (exact) mass is 190 g/mol. The molecule has 0 saturated carbocycles. The number of nitrogens with zero attached hydrogens (tertiary/aromatic N) is 1. The molecule has 14 heavy (non-hydrogen) atoms. The summed E-state index contributed by atoms with van der Waals surface area (Å²) < 4.78 is 1.01. The van der Waals surface area contributed by atoms with E-state index in [2.05, 4.69) is 0 Å². The van der Waals surface area contributed by atoms with Crippen LogP contribution in [0, 0.1) is 0 Å². The molecule has 4 nitrogen and oxygen atoms in total. The molecule has 1 amide bonds. The molecule has 0 radical (unpaired) electrons. The summed E-state index contributed by atoms with van der Waals surface area (Å²) in [6.07, 6.45) is 1.66. The molecular formula is C10H10N2O2. The fraction of sp³-hybridized carbons (Fsp3) is 0.100. The van der Waals surface area contributed by atoms with E-state index in [0.717, 1.165) is 15.7 Å². The number of amides is 1. The van der Waals surface area contributed by atoms with Crippen molar-refractivity contribution in [1.29, 1.82) is 0 Å². The van der Waals surface area contributed by atoms with Crippen molar-refractivity contribution in [3.8, 4) is 0 Å². The quantitative estimate of drug-likeness (QED) is 0.691. The number of nitrogens with two attached hydrogens (primary N) is 1. The van der Waals surface area contributed by atoms with E-state index in [9.17, 15) is 10.0 Å². The highest BCUT2D eigenvalue weighted by Crippen LogP contribution is 2.20. The lowest BCUT2D eigenvalue weighted by Gasteiger charge is -1.93. The van der Waals surface area contributed by atoms with Gasteiger partial charge in [-0.1, -0.05) is 18.2 Å². The molecule has 1 aromatic carbocycles. The van der Waals surface area contributed by atoms with E-state index < -0.39 is 5.91 Å². The van der Waals surface area contributed by atoms with Crippen LogP contribution in [0.25, 0.3) is 10.9 Å². The molecule has 1 heterocycles. The summed E-state index contributed by atoms with van der Waals surface area (Å²) in [5.74, 6) is -0.402. The third-order valence-corrected chi connectivity index (χ3v) is 2.14. The molecular weight excluding hydrogens is 180 g/mol. The van der Waals surface area contributed by atoms with Gasteiger partial charge in [-0.15, -0.1) is 0 Å². The molecule has 4 heteroatoms. The predicted molar refractivity (Wildman–Crippen MR) is 52.0 cm³/mol. The van der Waals surface area contributed by atoms with Gasteiger partial charge in [0, 0.05) is 11.6 Å². The Balaban J connectivity index is 2.60. The summed E-state index contributed by atoms with van der Waals surface area (Å²) in [7, 11) is 0. The smallest absolute Gasteiger partial charge is 0.221 e. The average Bonchev–Trinajstić information content (AvgIpc) is 2.44. The minimum absolute atomic E-state index is 0.147. The largest absolute Gasteiger partial charge is 0.428 e. The molecule has 2 aromatic rings. The second kappa shape index (κ2) is 3.06. The van der Waals surface area contributed by atoms with Crippen LogP contribution < -0.4 is 5.73 Å². The van der Waals surface area contributed by atoms with Gasteiger partial charge in [-0.3, -0.25) is 4.79 Å². The van der Waals surface area contributed by atoms with Crippen molar-refractivity contribution >= 4 is 16.8 Å². The second-order valence-electron chi connectivity index (χ2n) is 3.16. The third kappa shape index (κ3) is 1.31. The minimum Gasteiger partial charge on any atom is -0.428 e. The van der Waals surface area contributed by atoms with Crippen molar-refractivity contribution < 1.29 is 10.0 Å². The summed E-state index contributed by atoms with van der Waals surface area (Å²) >= 11 is 0. The van der Waals surface area contributed by atoms with Crippen LogP contribution in [-0.4, -0.2) is 15.8 Å². The lowest BCUT2D eigenvalue weighted by atomic mass is 10.1. The van der Waals surface area contributed by atoms with Crippen LogP contribution in [0.4, 0.5) is 0 Å². The highest BCUT2D eigenvalue weighted by molar-refractivity contribution is 5.88. The van der Waals surface area contributed by atoms with Gasteiger partial charge >= 0.3 is 0 Å². The standard InChI is InChI=1S/C10H10N2O2/c11-10(13)5-7-6-12(14)9-4-2-1-3-8(7)9/h1-4,6,14H,5H2,(H2,11,13). The molecule has 0 aliphatic carbocycles. The maximum Gasteiger partial charge on any atom is 0.221 e. The molecule has 0 spiro atoms. The van der Waals surface area contributed by atoms with E-state index in [1.807, 2.05) is 18.2 Å². The number of para-hydroxylation sites is 1. The lowest BCUT2D eigenvalue weighted by molar-refractivity contribution is -0.117. The molecule has 0 bridgehead atoms. The van der Waals surface area contributed by atoms with Gasteiger partial charge in [0.1, 0.15) is 0 Å². The first-order chi connectivity index (χ1) is 6.68. The molecule has 1 aromatic heterocycles. The van der Waals surface area contributed by atoms with Gasteiger partial charge in [-0.05, 0) is 11.6 Å². The van der Waals surface area contributed by atoms with E-state index in [1.54, 1.807) is 6.07 Å². The van der Waals surface area contributed by atoms with Crippen molar-refractivity contribution in [2.24, 2.45) is 5.73 Å². The highest BCUT2D eigenvalue weighted by Gasteiger charge is 2.08. The Kier molecular flexibility index (Phi) is 1.89. The first kappa shape index (κ1) is 8.62. The van der Waals surface area contributed by atoms with E-state index in [-0.39, 0.29) is 6.42 Å². The van der Waals surface area contributed by atoms with Crippen LogP contribution in [0.1, 0.15) is 5.56 Å². The van der Waals surface area contributed by atoms with Crippen LogP contribution in [0.5, 0.6) is 0 Å². The zero-order valence-corrected chi connectivity index (χ0v) is 7.47. The highest BCUT2D eigenvalue weighted by atomic mass is 16.5. The minimum atomic E-state index is -0.402. The molecule has 0 aliphatic rings. The number of primary amides is 1.